The van der Waals surface area contributed by atoms with Crippen LogP contribution in [0, 0.1) is 0 Å². The first kappa shape index (κ1) is 13.0. The second-order valence-electron chi connectivity index (χ2n) is 4.73. The number of benzene rings is 2. The molecule has 4 nitrogen and oxygen atoms in total. The molecule has 0 fully saturated rings. The van der Waals surface area contributed by atoms with E-state index in [0.29, 0.717) is 0 Å². The van der Waals surface area contributed by atoms with Crippen molar-refractivity contribution in [3.8, 4) is 16.9 Å². The molecule has 0 aliphatic carbocycles. The van der Waals surface area contributed by atoms with Gasteiger partial charge in [0.1, 0.15) is 11.6 Å². The highest BCUT2D eigenvalue weighted by molar-refractivity contribution is 5.68. The van der Waals surface area contributed by atoms with Gasteiger partial charge in [0.25, 0.3) is 0 Å². The predicted molar refractivity (Wildman–Crippen MR) is 85.5 cm³/mol. The first-order chi connectivity index (χ1) is 10.2. The number of nitrogens with one attached hydrogen (secondary N) is 1. The number of nitrogen functional groups attached to an aromatic ring is 1. The van der Waals surface area contributed by atoms with Crippen molar-refractivity contribution in [1.82, 2.24) is 4.98 Å². The molecule has 0 bridgehead atoms. The van der Waals surface area contributed by atoms with E-state index in [0.717, 1.165) is 28.3 Å². The number of rotatable bonds is 3. The Kier molecular flexibility index (Phi) is 3.43. The first-order valence-electron chi connectivity index (χ1n) is 6.59. The SMILES string of the molecule is Nc1cccc(-c2ccc(Nc3ccc(O)cc3)nc2)c1. The minimum atomic E-state index is 0.241. The zero-order chi connectivity index (χ0) is 14.7. The smallest absolute Gasteiger partial charge is 0.130 e. The second kappa shape index (κ2) is 5.54. The summed E-state index contributed by atoms with van der Waals surface area (Å²) in [5, 5.41) is 12.4. The summed E-state index contributed by atoms with van der Waals surface area (Å²) >= 11 is 0. The number of aromatic hydroxyl groups is 1. The topological polar surface area (TPSA) is 71.2 Å². The second-order valence-corrected chi connectivity index (χ2v) is 4.73. The molecule has 0 aliphatic heterocycles. The number of phenols is 1. The van der Waals surface area contributed by atoms with Crippen LogP contribution in [-0.2, 0) is 0 Å². The highest BCUT2D eigenvalue weighted by Crippen LogP contribution is 2.23. The lowest BCUT2D eigenvalue weighted by Gasteiger charge is -2.07. The lowest BCUT2D eigenvalue weighted by molar-refractivity contribution is 0.475. The van der Waals surface area contributed by atoms with Gasteiger partial charge in [0.15, 0.2) is 0 Å². The van der Waals surface area contributed by atoms with Crippen LogP contribution in [0.15, 0.2) is 66.9 Å². The van der Waals surface area contributed by atoms with Crippen molar-refractivity contribution in [2.24, 2.45) is 0 Å². The standard InChI is InChI=1S/C17H15N3O/c18-14-3-1-2-12(10-14)13-4-9-17(19-11-13)20-15-5-7-16(21)8-6-15/h1-11,21H,18H2,(H,19,20). The molecule has 2 aromatic carbocycles. The molecule has 0 saturated carbocycles. The fraction of sp³-hybridized carbons (Fsp3) is 0. The number of anilines is 3. The fourth-order valence-corrected chi connectivity index (χ4v) is 2.05. The molecule has 0 unspecified atom stereocenters. The summed E-state index contributed by atoms with van der Waals surface area (Å²) in [7, 11) is 0. The number of nitrogens with zero attached hydrogens (tertiary/aromatic N) is 1. The summed E-state index contributed by atoms with van der Waals surface area (Å²) in [5.41, 5.74) is 9.45. The van der Waals surface area contributed by atoms with Crippen LogP contribution in [0.2, 0.25) is 0 Å². The average molecular weight is 277 g/mol. The number of aromatic nitrogens is 1. The van der Waals surface area contributed by atoms with E-state index in [1.165, 1.54) is 0 Å². The molecule has 4 heteroatoms. The summed E-state index contributed by atoms with van der Waals surface area (Å²) in [4.78, 5) is 4.39. The molecule has 3 aromatic rings. The van der Waals surface area contributed by atoms with Crippen LogP contribution in [0.3, 0.4) is 0 Å². The Hall–Kier alpha value is -3.01. The molecule has 1 heterocycles. The van der Waals surface area contributed by atoms with Gasteiger partial charge in [-0.15, -0.1) is 0 Å². The van der Waals surface area contributed by atoms with Gasteiger partial charge in [-0.1, -0.05) is 12.1 Å². The average Bonchev–Trinajstić information content (AvgIpc) is 2.50. The van der Waals surface area contributed by atoms with Gasteiger partial charge in [-0.25, -0.2) is 4.98 Å². The highest BCUT2D eigenvalue weighted by Gasteiger charge is 2.00. The predicted octanol–water partition coefficient (Wildman–Crippen LogP) is 3.78. The highest BCUT2D eigenvalue weighted by atomic mass is 16.3. The van der Waals surface area contributed by atoms with Gasteiger partial charge >= 0.3 is 0 Å². The molecule has 104 valence electrons. The van der Waals surface area contributed by atoms with E-state index in [9.17, 15) is 5.11 Å². The Bertz CT molecular complexity index is 737. The Morgan fingerprint density at radius 3 is 2.38 bits per heavy atom. The van der Waals surface area contributed by atoms with E-state index >= 15 is 0 Å². The third-order valence-electron chi connectivity index (χ3n) is 3.12. The molecule has 4 N–H and O–H groups in total. The molecule has 0 atom stereocenters. The normalized spacial score (nSPS) is 10.3. The maximum atomic E-state index is 9.25. The maximum absolute atomic E-state index is 9.25. The van der Waals surface area contributed by atoms with Crippen LogP contribution in [0.5, 0.6) is 5.75 Å². The van der Waals surface area contributed by atoms with Crippen molar-refractivity contribution in [1.29, 1.82) is 0 Å². The zero-order valence-corrected chi connectivity index (χ0v) is 11.3. The Morgan fingerprint density at radius 1 is 0.905 bits per heavy atom. The van der Waals surface area contributed by atoms with Crippen molar-refractivity contribution in [3.63, 3.8) is 0 Å². The lowest BCUT2D eigenvalue weighted by Crippen LogP contribution is -1.93. The van der Waals surface area contributed by atoms with Crippen LogP contribution in [-0.4, -0.2) is 10.1 Å². The molecule has 0 radical (unpaired) electrons. The van der Waals surface area contributed by atoms with Gasteiger partial charge in [-0.3, -0.25) is 0 Å². The van der Waals surface area contributed by atoms with Crippen LogP contribution in [0.4, 0.5) is 17.2 Å². The Labute approximate surface area is 122 Å². The third kappa shape index (κ3) is 3.12. The largest absolute Gasteiger partial charge is 0.508 e. The number of nitrogens with two attached hydrogens (primary N) is 1. The molecular formula is C17H15N3O. The monoisotopic (exact) mass is 277 g/mol. The lowest BCUT2D eigenvalue weighted by atomic mass is 10.1. The summed E-state index contributed by atoms with van der Waals surface area (Å²) in [5.74, 6) is 0.985. The minimum Gasteiger partial charge on any atom is -0.508 e. The van der Waals surface area contributed by atoms with Gasteiger partial charge in [0.2, 0.25) is 0 Å². The molecule has 3 rings (SSSR count). The van der Waals surface area contributed by atoms with Gasteiger partial charge in [0, 0.05) is 23.1 Å². The molecule has 21 heavy (non-hydrogen) atoms. The van der Waals surface area contributed by atoms with Crippen molar-refractivity contribution < 1.29 is 5.11 Å². The van der Waals surface area contributed by atoms with Crippen LogP contribution >= 0.6 is 0 Å². The summed E-state index contributed by atoms with van der Waals surface area (Å²) < 4.78 is 0. The van der Waals surface area contributed by atoms with Crippen LogP contribution < -0.4 is 11.1 Å². The van der Waals surface area contributed by atoms with Gasteiger partial charge in [0.05, 0.1) is 0 Å². The molecule has 0 spiro atoms. The molecular weight excluding hydrogens is 262 g/mol. The van der Waals surface area contributed by atoms with Crippen molar-refractivity contribution >= 4 is 17.2 Å². The summed E-state index contributed by atoms with van der Waals surface area (Å²) in [6, 6.07) is 18.4. The first-order valence-corrected chi connectivity index (χ1v) is 6.59. The van der Waals surface area contributed by atoms with Gasteiger partial charge in [-0.05, 0) is 54.1 Å². The maximum Gasteiger partial charge on any atom is 0.130 e. The van der Waals surface area contributed by atoms with E-state index < -0.39 is 0 Å². The van der Waals surface area contributed by atoms with Crippen LogP contribution in [0.1, 0.15) is 0 Å². The van der Waals surface area contributed by atoms with Crippen LogP contribution in [0.25, 0.3) is 11.1 Å². The minimum absolute atomic E-state index is 0.241. The third-order valence-corrected chi connectivity index (χ3v) is 3.12. The molecule has 0 amide bonds. The van der Waals surface area contributed by atoms with Crippen molar-refractivity contribution in [3.05, 3.63) is 66.9 Å². The molecule has 1 aromatic heterocycles. The number of pyridine rings is 1. The Morgan fingerprint density at radius 2 is 1.71 bits per heavy atom. The van der Waals surface area contributed by atoms with E-state index in [2.05, 4.69) is 10.3 Å². The number of phenolic OH excluding ortho intramolecular Hbond substituents is 1. The quantitative estimate of drug-likeness (QED) is 0.503. The molecule has 0 saturated heterocycles. The zero-order valence-electron chi connectivity index (χ0n) is 11.3. The van der Waals surface area contributed by atoms with Gasteiger partial charge in [-0.2, -0.15) is 0 Å². The summed E-state index contributed by atoms with van der Waals surface area (Å²) in [6.45, 7) is 0. The summed E-state index contributed by atoms with van der Waals surface area (Å²) in [6.07, 6.45) is 1.80. The fourth-order valence-electron chi connectivity index (χ4n) is 2.05. The van der Waals surface area contributed by atoms with E-state index in [1.54, 1.807) is 30.5 Å². The van der Waals surface area contributed by atoms with E-state index in [4.69, 9.17) is 5.73 Å². The van der Waals surface area contributed by atoms with Crippen molar-refractivity contribution in [2.75, 3.05) is 11.1 Å². The number of hydrogen-bond donors (Lipinski definition) is 3. The van der Waals surface area contributed by atoms with E-state index in [-0.39, 0.29) is 5.75 Å². The van der Waals surface area contributed by atoms with Crippen molar-refractivity contribution in [2.45, 2.75) is 0 Å². The number of hydrogen-bond acceptors (Lipinski definition) is 4. The van der Waals surface area contributed by atoms with Gasteiger partial charge < -0.3 is 16.2 Å². The Balaban J connectivity index is 1.79. The molecule has 0 aliphatic rings. The van der Waals surface area contributed by atoms with E-state index in [1.807, 2.05) is 36.4 Å².